The van der Waals surface area contributed by atoms with Gasteiger partial charge in [-0.05, 0) is 46.1 Å². The van der Waals surface area contributed by atoms with E-state index in [1.54, 1.807) is 0 Å². The maximum atomic E-state index is 12.5. The van der Waals surface area contributed by atoms with Crippen molar-refractivity contribution >= 4 is 33.5 Å². The highest BCUT2D eigenvalue weighted by Crippen LogP contribution is 2.61. The lowest BCUT2D eigenvalue weighted by molar-refractivity contribution is -0.144. The largest absolute Gasteiger partial charge is 0.466 e. The molecular formula is C22H24BrNO3. The minimum Gasteiger partial charge on any atom is -0.466 e. The topological polar surface area (TPSA) is 55.4 Å². The minimum absolute atomic E-state index is 0.0264. The molecular weight excluding hydrogens is 406 g/mol. The fourth-order valence-electron chi connectivity index (χ4n) is 3.46. The van der Waals surface area contributed by atoms with E-state index in [2.05, 4.69) is 33.4 Å². The molecule has 142 valence electrons. The molecule has 0 radical (unpaired) electrons. The Balaban J connectivity index is 1.86. The molecule has 2 aromatic rings. The second kappa shape index (κ2) is 8.26. The first-order valence-corrected chi connectivity index (χ1v) is 10.0. The van der Waals surface area contributed by atoms with Crippen molar-refractivity contribution in [1.82, 2.24) is 0 Å². The number of hydrogen-bond donors (Lipinski definition) is 1. The van der Waals surface area contributed by atoms with Crippen molar-refractivity contribution < 1.29 is 14.3 Å². The molecule has 3 rings (SSSR count). The maximum absolute atomic E-state index is 12.5. The second-order valence-electron chi connectivity index (χ2n) is 7.12. The molecule has 0 aliphatic heterocycles. The highest BCUT2D eigenvalue weighted by Gasteiger charge is 2.57. The molecule has 1 aliphatic rings. The van der Waals surface area contributed by atoms with E-state index < -0.39 is 0 Å². The van der Waals surface area contributed by atoms with E-state index in [4.69, 9.17) is 4.74 Å². The van der Waals surface area contributed by atoms with Crippen LogP contribution >= 0.6 is 15.9 Å². The monoisotopic (exact) mass is 429 g/mol. The number of esters is 1. The third kappa shape index (κ3) is 4.24. The number of carbonyl (C=O) groups is 2. The number of carbonyl (C=O) groups excluding carboxylic acids is 2. The van der Waals surface area contributed by atoms with Gasteiger partial charge in [0.1, 0.15) is 0 Å². The first-order chi connectivity index (χ1) is 12.9. The molecule has 1 fully saturated rings. The zero-order chi connectivity index (χ0) is 19.6. The summed E-state index contributed by atoms with van der Waals surface area (Å²) >= 11 is 3.55. The average Bonchev–Trinajstić information content (AvgIpc) is 3.40. The van der Waals surface area contributed by atoms with Gasteiger partial charge in [-0.2, -0.15) is 0 Å². The fraction of sp³-hybridized carbons (Fsp3) is 0.364. The third-order valence-electron chi connectivity index (χ3n) is 4.92. The average molecular weight is 430 g/mol. The highest BCUT2D eigenvalue weighted by atomic mass is 79.9. The van der Waals surface area contributed by atoms with Gasteiger partial charge in [0.2, 0.25) is 5.91 Å². The van der Waals surface area contributed by atoms with Gasteiger partial charge in [-0.1, -0.05) is 50.2 Å². The molecule has 0 spiro atoms. The van der Waals surface area contributed by atoms with Crippen LogP contribution in [0.1, 0.15) is 43.7 Å². The van der Waals surface area contributed by atoms with Crippen molar-refractivity contribution in [3.05, 3.63) is 64.1 Å². The predicted octanol–water partition coefficient (Wildman–Crippen LogP) is 5.10. The molecule has 0 aromatic heterocycles. The molecule has 0 saturated heterocycles. The number of rotatable bonds is 6. The van der Waals surface area contributed by atoms with Crippen LogP contribution in [-0.4, -0.2) is 18.5 Å². The summed E-state index contributed by atoms with van der Waals surface area (Å²) in [6.07, 6.45) is 0. The molecule has 1 aliphatic carbocycles. The highest BCUT2D eigenvalue weighted by molar-refractivity contribution is 9.10. The van der Waals surface area contributed by atoms with Crippen molar-refractivity contribution in [2.24, 2.45) is 11.8 Å². The molecule has 0 heterocycles. The van der Waals surface area contributed by atoms with E-state index in [0.29, 0.717) is 6.61 Å². The number of hydrogen-bond acceptors (Lipinski definition) is 3. The van der Waals surface area contributed by atoms with Crippen LogP contribution in [0.5, 0.6) is 0 Å². The summed E-state index contributed by atoms with van der Waals surface area (Å²) in [6, 6.07) is 16.0. The van der Waals surface area contributed by atoms with Crippen LogP contribution in [0.2, 0.25) is 0 Å². The minimum atomic E-state index is -0.171. The Morgan fingerprint density at radius 2 is 1.74 bits per heavy atom. The summed E-state index contributed by atoms with van der Waals surface area (Å²) in [4.78, 5) is 24.4. The molecule has 0 bridgehead atoms. The van der Waals surface area contributed by atoms with Crippen molar-refractivity contribution in [3.8, 4) is 0 Å². The van der Waals surface area contributed by atoms with Crippen molar-refractivity contribution in [2.75, 3.05) is 11.9 Å². The van der Waals surface area contributed by atoms with E-state index in [1.807, 2.05) is 57.2 Å². The number of halogens is 1. The van der Waals surface area contributed by atoms with E-state index >= 15 is 0 Å². The molecule has 1 N–H and O–H groups in total. The van der Waals surface area contributed by atoms with Crippen LogP contribution < -0.4 is 5.32 Å². The van der Waals surface area contributed by atoms with Crippen LogP contribution in [0, 0.1) is 11.8 Å². The number of amides is 1. The zero-order valence-corrected chi connectivity index (χ0v) is 17.3. The van der Waals surface area contributed by atoms with Crippen LogP contribution in [-0.2, 0) is 14.3 Å². The van der Waals surface area contributed by atoms with Gasteiger partial charge in [0, 0.05) is 22.2 Å². The molecule has 0 unspecified atom stereocenters. The van der Waals surface area contributed by atoms with Gasteiger partial charge in [0.15, 0.2) is 0 Å². The standard InChI is InChI=1S/C22H24BrNO3/c1-4-27-22(26)20-18(14-8-6-5-7-9-14)19(20)15-10-11-17(16(23)12-15)24-21(25)13(2)3/h5-13,18-20H,4H2,1-3H3,(H,24,25)/t18-,19-,20-/m1/s1. The number of nitrogens with one attached hydrogen (secondary N) is 1. The molecule has 2 aromatic carbocycles. The Bertz CT molecular complexity index is 835. The SMILES string of the molecule is CCOC(=O)[C@@H]1[C@H](c2ccccc2)[C@H]1c1ccc(NC(=O)C(C)C)c(Br)c1. The summed E-state index contributed by atoms with van der Waals surface area (Å²) in [5.74, 6) is -0.233. The van der Waals surface area contributed by atoms with Crippen molar-refractivity contribution in [1.29, 1.82) is 0 Å². The van der Waals surface area contributed by atoms with Crippen molar-refractivity contribution in [3.63, 3.8) is 0 Å². The summed E-state index contributed by atoms with van der Waals surface area (Å²) in [7, 11) is 0. The molecule has 27 heavy (non-hydrogen) atoms. The Morgan fingerprint density at radius 1 is 1.07 bits per heavy atom. The maximum Gasteiger partial charge on any atom is 0.310 e. The van der Waals surface area contributed by atoms with Crippen LogP contribution in [0.3, 0.4) is 0 Å². The van der Waals surface area contributed by atoms with E-state index in [1.165, 1.54) is 0 Å². The fourth-order valence-corrected chi connectivity index (χ4v) is 3.96. The van der Waals surface area contributed by atoms with Crippen molar-refractivity contribution in [2.45, 2.75) is 32.6 Å². The smallest absolute Gasteiger partial charge is 0.310 e. The van der Waals surface area contributed by atoms with Gasteiger partial charge >= 0.3 is 5.97 Å². The van der Waals surface area contributed by atoms with Crippen LogP contribution in [0.4, 0.5) is 5.69 Å². The molecule has 3 atom stereocenters. The lowest BCUT2D eigenvalue weighted by Crippen LogP contribution is -2.18. The molecule has 4 nitrogen and oxygen atoms in total. The van der Waals surface area contributed by atoms with Gasteiger partial charge in [-0.3, -0.25) is 9.59 Å². The molecule has 1 saturated carbocycles. The van der Waals surface area contributed by atoms with Gasteiger partial charge in [0.05, 0.1) is 18.2 Å². The summed E-state index contributed by atoms with van der Waals surface area (Å²) in [6.45, 7) is 5.93. The second-order valence-corrected chi connectivity index (χ2v) is 7.98. The van der Waals surface area contributed by atoms with E-state index in [9.17, 15) is 9.59 Å². The lowest BCUT2D eigenvalue weighted by Gasteiger charge is -2.11. The Hall–Kier alpha value is -2.14. The Kier molecular flexibility index (Phi) is 6.00. The normalized spacial score (nSPS) is 21.0. The lowest BCUT2D eigenvalue weighted by atomic mass is 10.0. The number of benzene rings is 2. The molecule has 5 heteroatoms. The first-order valence-electron chi connectivity index (χ1n) is 9.26. The van der Waals surface area contributed by atoms with Crippen LogP contribution in [0.15, 0.2) is 53.0 Å². The quantitative estimate of drug-likeness (QED) is 0.649. The summed E-state index contributed by atoms with van der Waals surface area (Å²) in [5, 5.41) is 2.92. The van der Waals surface area contributed by atoms with Gasteiger partial charge in [0.25, 0.3) is 0 Å². The number of anilines is 1. The first kappa shape index (κ1) is 19.6. The zero-order valence-electron chi connectivity index (χ0n) is 15.7. The van der Waals surface area contributed by atoms with Crippen LogP contribution in [0.25, 0.3) is 0 Å². The Morgan fingerprint density at radius 3 is 2.33 bits per heavy atom. The Labute approximate surface area is 168 Å². The van der Waals surface area contributed by atoms with Gasteiger partial charge < -0.3 is 10.1 Å². The van der Waals surface area contributed by atoms with E-state index in [0.717, 1.165) is 21.3 Å². The molecule has 1 amide bonds. The summed E-state index contributed by atoms with van der Waals surface area (Å²) in [5.41, 5.74) is 2.95. The summed E-state index contributed by atoms with van der Waals surface area (Å²) < 4.78 is 6.11. The predicted molar refractivity (Wildman–Crippen MR) is 110 cm³/mol. The van der Waals surface area contributed by atoms with Gasteiger partial charge in [-0.15, -0.1) is 0 Å². The van der Waals surface area contributed by atoms with Gasteiger partial charge in [-0.25, -0.2) is 0 Å². The third-order valence-corrected chi connectivity index (χ3v) is 5.58. The van der Waals surface area contributed by atoms with E-state index in [-0.39, 0.29) is 35.5 Å². The number of ether oxygens (including phenoxy) is 1.